The van der Waals surface area contributed by atoms with Crippen LogP contribution in [0.2, 0.25) is 5.02 Å². The molecule has 0 atom stereocenters. The summed E-state index contributed by atoms with van der Waals surface area (Å²) in [6, 6.07) is 8.98. The predicted octanol–water partition coefficient (Wildman–Crippen LogP) is 4.47. The molecule has 0 saturated carbocycles. The second-order valence-electron chi connectivity index (χ2n) is 5.40. The van der Waals surface area contributed by atoms with Gasteiger partial charge in [0.15, 0.2) is 0 Å². The molecule has 0 radical (unpaired) electrons. The van der Waals surface area contributed by atoms with Gasteiger partial charge in [-0.3, -0.25) is 0 Å². The van der Waals surface area contributed by atoms with Crippen molar-refractivity contribution >= 4 is 28.3 Å². The van der Waals surface area contributed by atoms with E-state index in [1.807, 2.05) is 13.0 Å². The third kappa shape index (κ3) is 3.21. The zero-order valence-electron chi connectivity index (χ0n) is 12.9. The van der Waals surface area contributed by atoms with Gasteiger partial charge in [0.2, 0.25) is 0 Å². The molecule has 0 unspecified atom stereocenters. The van der Waals surface area contributed by atoms with Gasteiger partial charge in [-0.15, -0.1) is 0 Å². The Labute approximate surface area is 142 Å². The monoisotopic (exact) mass is 347 g/mol. The van der Waals surface area contributed by atoms with Crippen LogP contribution in [0.15, 0.2) is 45.6 Å². The summed E-state index contributed by atoms with van der Waals surface area (Å²) < 4.78 is 18.4. The van der Waals surface area contributed by atoms with Crippen LogP contribution < -0.4 is 10.9 Å². The molecule has 3 rings (SSSR count). The summed E-state index contributed by atoms with van der Waals surface area (Å²) in [4.78, 5) is 11.7. The fourth-order valence-electron chi connectivity index (χ4n) is 2.54. The van der Waals surface area contributed by atoms with E-state index < -0.39 is 11.4 Å². The Morgan fingerprint density at radius 1 is 1.21 bits per heavy atom. The van der Waals surface area contributed by atoms with Crippen LogP contribution >= 0.6 is 11.6 Å². The van der Waals surface area contributed by atoms with Crippen LogP contribution in [0.25, 0.3) is 11.0 Å². The van der Waals surface area contributed by atoms with Crippen LogP contribution in [-0.2, 0) is 13.0 Å². The van der Waals surface area contributed by atoms with Gasteiger partial charge in [-0.05, 0) is 41.8 Å². The summed E-state index contributed by atoms with van der Waals surface area (Å²) in [5, 5.41) is 13.8. The predicted molar refractivity (Wildman–Crippen MR) is 92.3 cm³/mol. The minimum Gasteiger partial charge on any atom is -0.508 e. The zero-order valence-corrected chi connectivity index (χ0v) is 13.7. The molecule has 2 aromatic carbocycles. The highest BCUT2D eigenvalue weighted by molar-refractivity contribution is 6.31. The molecule has 0 fully saturated rings. The Balaban J connectivity index is 1.98. The topological polar surface area (TPSA) is 62.5 Å². The minimum absolute atomic E-state index is 0.0237. The lowest BCUT2D eigenvalue weighted by Crippen LogP contribution is -2.06. The maximum Gasteiger partial charge on any atom is 0.336 e. The summed E-state index contributed by atoms with van der Waals surface area (Å²) in [6.45, 7) is 2.26. The number of phenolic OH excluding ortho intramolecular Hbond substituents is 1. The minimum atomic E-state index is -0.500. The zero-order chi connectivity index (χ0) is 17.3. The number of hydrogen-bond donors (Lipinski definition) is 2. The van der Waals surface area contributed by atoms with E-state index in [9.17, 15) is 14.3 Å². The second-order valence-corrected chi connectivity index (χ2v) is 5.81. The van der Waals surface area contributed by atoms with Crippen LogP contribution in [0.5, 0.6) is 5.75 Å². The van der Waals surface area contributed by atoms with Gasteiger partial charge < -0.3 is 14.8 Å². The van der Waals surface area contributed by atoms with Crippen LogP contribution in [-0.4, -0.2) is 5.11 Å². The third-order valence-electron chi connectivity index (χ3n) is 3.81. The van der Waals surface area contributed by atoms with Crippen LogP contribution in [0, 0.1) is 5.82 Å². The molecule has 24 heavy (non-hydrogen) atoms. The molecule has 0 amide bonds. The first kappa shape index (κ1) is 16.3. The lowest BCUT2D eigenvalue weighted by Gasteiger charge is -2.11. The average molecular weight is 348 g/mol. The van der Waals surface area contributed by atoms with Crippen LogP contribution in [0.3, 0.4) is 0 Å². The summed E-state index contributed by atoms with van der Waals surface area (Å²) in [5.41, 5.74) is 1.95. The molecule has 0 aliphatic rings. The highest BCUT2D eigenvalue weighted by Crippen LogP contribution is 2.27. The van der Waals surface area contributed by atoms with E-state index in [1.165, 1.54) is 24.3 Å². The summed E-state index contributed by atoms with van der Waals surface area (Å²) >= 11 is 5.77. The highest BCUT2D eigenvalue weighted by atomic mass is 35.5. The fraction of sp³-hybridized carbons (Fsp3) is 0.167. The maximum absolute atomic E-state index is 13.2. The van der Waals surface area contributed by atoms with Crippen molar-refractivity contribution in [2.24, 2.45) is 0 Å². The fourth-order valence-corrected chi connectivity index (χ4v) is 2.72. The number of fused-ring (bicyclic) bond motifs is 1. The smallest absolute Gasteiger partial charge is 0.336 e. The van der Waals surface area contributed by atoms with Crippen LogP contribution in [0.1, 0.15) is 18.1 Å². The van der Waals surface area contributed by atoms with Gasteiger partial charge in [0.05, 0.1) is 5.02 Å². The molecule has 3 aromatic rings. The van der Waals surface area contributed by atoms with Crippen molar-refractivity contribution in [1.82, 2.24) is 0 Å². The largest absolute Gasteiger partial charge is 0.508 e. The third-order valence-corrected chi connectivity index (χ3v) is 4.10. The molecular weight excluding hydrogens is 333 g/mol. The number of benzene rings is 2. The molecule has 0 bridgehead atoms. The summed E-state index contributed by atoms with van der Waals surface area (Å²) in [5.74, 6) is -0.389. The number of anilines is 1. The molecular formula is C18H15ClFNO3. The first-order valence-electron chi connectivity index (χ1n) is 7.45. The van der Waals surface area contributed by atoms with E-state index in [0.29, 0.717) is 24.2 Å². The number of rotatable bonds is 4. The molecule has 6 heteroatoms. The number of aryl methyl sites for hydroxylation is 1. The van der Waals surface area contributed by atoms with Crippen molar-refractivity contribution in [3.63, 3.8) is 0 Å². The quantitative estimate of drug-likeness (QED) is 0.684. The summed E-state index contributed by atoms with van der Waals surface area (Å²) in [6.07, 6.45) is 0.654. The van der Waals surface area contributed by atoms with Gasteiger partial charge in [-0.2, -0.15) is 0 Å². The van der Waals surface area contributed by atoms with Crippen LogP contribution in [0.4, 0.5) is 10.1 Å². The lowest BCUT2D eigenvalue weighted by molar-refractivity contribution is 0.466. The Morgan fingerprint density at radius 3 is 2.71 bits per heavy atom. The molecule has 1 aromatic heterocycles. The number of hydrogen-bond acceptors (Lipinski definition) is 4. The van der Waals surface area contributed by atoms with E-state index in [4.69, 9.17) is 16.0 Å². The highest BCUT2D eigenvalue weighted by Gasteiger charge is 2.10. The number of halogens is 2. The van der Waals surface area contributed by atoms with Gasteiger partial charge in [-0.1, -0.05) is 18.5 Å². The number of phenols is 1. The maximum atomic E-state index is 13.2. The first-order valence-corrected chi connectivity index (χ1v) is 7.83. The van der Waals surface area contributed by atoms with E-state index >= 15 is 0 Å². The van der Waals surface area contributed by atoms with Crippen molar-refractivity contribution in [3.8, 4) is 5.75 Å². The van der Waals surface area contributed by atoms with E-state index in [1.54, 1.807) is 6.07 Å². The van der Waals surface area contributed by atoms with E-state index in [0.717, 1.165) is 16.5 Å². The lowest BCUT2D eigenvalue weighted by atomic mass is 10.0. The van der Waals surface area contributed by atoms with Crippen molar-refractivity contribution in [1.29, 1.82) is 0 Å². The molecule has 4 nitrogen and oxygen atoms in total. The van der Waals surface area contributed by atoms with E-state index in [2.05, 4.69) is 5.32 Å². The van der Waals surface area contributed by atoms with E-state index in [-0.39, 0.29) is 10.8 Å². The van der Waals surface area contributed by atoms with Crippen molar-refractivity contribution < 1.29 is 13.9 Å². The van der Waals surface area contributed by atoms with Gasteiger partial charge in [0, 0.05) is 29.8 Å². The molecule has 0 spiro atoms. The van der Waals surface area contributed by atoms with Gasteiger partial charge in [-0.25, -0.2) is 9.18 Å². The molecule has 0 saturated heterocycles. The second kappa shape index (κ2) is 6.53. The Kier molecular flexibility index (Phi) is 4.44. The SMILES string of the molecule is CCc1cc2c(CNc3ccc(F)c(Cl)c3)cc(=O)oc2cc1O. The van der Waals surface area contributed by atoms with Crippen molar-refractivity contribution in [2.45, 2.75) is 19.9 Å². The van der Waals surface area contributed by atoms with Gasteiger partial charge in [0.1, 0.15) is 17.1 Å². The molecule has 1 heterocycles. The molecule has 2 N–H and O–H groups in total. The Bertz CT molecular complexity index is 968. The Hall–Kier alpha value is -2.53. The normalized spacial score (nSPS) is 11.0. The number of nitrogens with one attached hydrogen (secondary N) is 1. The van der Waals surface area contributed by atoms with Crippen molar-refractivity contribution in [2.75, 3.05) is 5.32 Å². The molecule has 0 aliphatic heterocycles. The first-order chi connectivity index (χ1) is 11.5. The molecule has 124 valence electrons. The average Bonchev–Trinajstić information content (AvgIpc) is 2.55. The van der Waals surface area contributed by atoms with Crippen molar-refractivity contribution in [3.05, 3.63) is 68.8 Å². The number of aromatic hydroxyl groups is 1. The molecule has 0 aliphatic carbocycles. The Morgan fingerprint density at radius 2 is 2.00 bits per heavy atom. The summed E-state index contributed by atoms with van der Waals surface area (Å²) in [7, 11) is 0. The van der Waals surface area contributed by atoms with Gasteiger partial charge in [0.25, 0.3) is 0 Å². The van der Waals surface area contributed by atoms with Gasteiger partial charge >= 0.3 is 5.63 Å². The standard InChI is InChI=1S/C18H15ClFNO3/c1-2-10-5-13-11(6-18(23)24-17(13)8-16(10)22)9-21-12-3-4-15(20)14(19)7-12/h3-8,21-22H,2,9H2,1H3.